The molecule has 1 amide bonds. The molecular formula is C15H20N2O6S2. The number of nitrogens with zero attached hydrogens (tertiary/aromatic N) is 2. The summed E-state index contributed by atoms with van der Waals surface area (Å²) in [6.45, 7) is 0.590. The van der Waals surface area contributed by atoms with E-state index in [2.05, 4.69) is 0 Å². The molecule has 138 valence electrons. The van der Waals surface area contributed by atoms with Crippen LogP contribution in [0.5, 0.6) is 0 Å². The monoisotopic (exact) mass is 388 g/mol. The van der Waals surface area contributed by atoms with Gasteiger partial charge >= 0.3 is 5.97 Å². The number of Topliss-reactive ketones (excluding diaryl/α,β-unsaturated/α-hetero) is 1. The number of ether oxygens (including phenoxy) is 1. The van der Waals surface area contributed by atoms with Crippen molar-refractivity contribution in [3.05, 3.63) is 22.4 Å². The summed E-state index contributed by atoms with van der Waals surface area (Å²) in [6.07, 6.45) is 1.09. The van der Waals surface area contributed by atoms with E-state index in [1.54, 1.807) is 17.5 Å². The summed E-state index contributed by atoms with van der Waals surface area (Å²) in [5.41, 5.74) is 0. The van der Waals surface area contributed by atoms with Crippen LogP contribution in [0.1, 0.15) is 22.5 Å². The number of rotatable bonds is 7. The predicted molar refractivity (Wildman–Crippen MR) is 91.8 cm³/mol. The third kappa shape index (κ3) is 5.91. The van der Waals surface area contributed by atoms with Crippen molar-refractivity contribution in [2.24, 2.45) is 0 Å². The van der Waals surface area contributed by atoms with Gasteiger partial charge in [-0.25, -0.2) is 8.42 Å². The summed E-state index contributed by atoms with van der Waals surface area (Å²) in [6, 6.07) is 3.45. The van der Waals surface area contributed by atoms with Gasteiger partial charge in [0.1, 0.15) is 0 Å². The topological polar surface area (TPSA) is 101 Å². The maximum atomic E-state index is 12.0. The van der Waals surface area contributed by atoms with Crippen LogP contribution in [0.2, 0.25) is 0 Å². The Bertz CT molecular complexity index is 721. The van der Waals surface area contributed by atoms with Crippen molar-refractivity contribution in [2.75, 3.05) is 39.0 Å². The van der Waals surface area contributed by atoms with Gasteiger partial charge in [0.2, 0.25) is 10.0 Å². The molecule has 1 aliphatic heterocycles. The van der Waals surface area contributed by atoms with E-state index in [0.29, 0.717) is 4.88 Å². The van der Waals surface area contributed by atoms with Crippen LogP contribution in [0.15, 0.2) is 17.5 Å². The number of hydrogen-bond donors (Lipinski definition) is 0. The van der Waals surface area contributed by atoms with Gasteiger partial charge in [-0.2, -0.15) is 4.31 Å². The van der Waals surface area contributed by atoms with E-state index in [-0.39, 0.29) is 50.7 Å². The first-order valence-electron chi connectivity index (χ1n) is 7.72. The van der Waals surface area contributed by atoms with Gasteiger partial charge in [0.25, 0.3) is 5.91 Å². The minimum absolute atomic E-state index is 0.0422. The molecular weight excluding hydrogens is 368 g/mol. The molecule has 0 unspecified atom stereocenters. The third-order valence-electron chi connectivity index (χ3n) is 3.77. The summed E-state index contributed by atoms with van der Waals surface area (Å²) in [4.78, 5) is 37.5. The highest BCUT2D eigenvalue weighted by atomic mass is 32.2. The van der Waals surface area contributed by atoms with Crippen molar-refractivity contribution < 1.29 is 27.5 Å². The highest BCUT2D eigenvalue weighted by molar-refractivity contribution is 7.88. The zero-order valence-corrected chi connectivity index (χ0v) is 15.5. The van der Waals surface area contributed by atoms with E-state index in [1.165, 1.54) is 20.5 Å². The molecule has 10 heteroatoms. The number of esters is 1. The van der Waals surface area contributed by atoms with Crippen LogP contribution < -0.4 is 0 Å². The smallest absolute Gasteiger partial charge is 0.306 e. The van der Waals surface area contributed by atoms with Gasteiger partial charge in [-0.05, 0) is 11.4 Å². The van der Waals surface area contributed by atoms with Gasteiger partial charge in [0, 0.05) is 32.6 Å². The summed E-state index contributed by atoms with van der Waals surface area (Å²) in [7, 11) is -3.26. The fourth-order valence-electron chi connectivity index (χ4n) is 2.35. The van der Waals surface area contributed by atoms with Crippen LogP contribution in [-0.2, 0) is 24.3 Å². The van der Waals surface area contributed by atoms with E-state index in [9.17, 15) is 22.8 Å². The van der Waals surface area contributed by atoms with E-state index >= 15 is 0 Å². The van der Waals surface area contributed by atoms with Crippen LogP contribution in [0.3, 0.4) is 0 Å². The molecule has 0 aromatic carbocycles. The maximum Gasteiger partial charge on any atom is 0.306 e. The summed E-state index contributed by atoms with van der Waals surface area (Å²) >= 11 is 1.31. The molecule has 1 aromatic heterocycles. The molecule has 1 aromatic rings. The van der Waals surface area contributed by atoms with Crippen LogP contribution in [0, 0.1) is 0 Å². The Balaban J connectivity index is 1.68. The highest BCUT2D eigenvalue weighted by Gasteiger charge is 2.26. The molecule has 0 spiro atoms. The van der Waals surface area contributed by atoms with E-state index in [0.717, 1.165) is 6.26 Å². The quantitative estimate of drug-likeness (QED) is 0.494. The maximum absolute atomic E-state index is 12.0. The van der Waals surface area contributed by atoms with Crippen molar-refractivity contribution in [1.29, 1.82) is 0 Å². The summed E-state index contributed by atoms with van der Waals surface area (Å²) in [5.74, 6) is -1.10. The largest absolute Gasteiger partial charge is 0.456 e. The zero-order valence-electron chi connectivity index (χ0n) is 13.8. The number of ketones is 1. The molecule has 8 nitrogen and oxygen atoms in total. The Hall–Kier alpha value is -1.78. The van der Waals surface area contributed by atoms with E-state index in [1.807, 2.05) is 0 Å². The Kier molecular flexibility index (Phi) is 6.68. The van der Waals surface area contributed by atoms with Crippen molar-refractivity contribution in [3.8, 4) is 0 Å². The van der Waals surface area contributed by atoms with E-state index in [4.69, 9.17) is 4.74 Å². The molecule has 0 radical (unpaired) electrons. The normalized spacial score (nSPS) is 15.8. The minimum atomic E-state index is -3.26. The number of carbonyl (C=O) groups excluding carboxylic acids is 3. The fourth-order valence-corrected chi connectivity index (χ4v) is 3.87. The molecule has 1 fully saturated rings. The molecule has 0 saturated carbocycles. The minimum Gasteiger partial charge on any atom is -0.456 e. The molecule has 1 saturated heterocycles. The first-order chi connectivity index (χ1) is 11.8. The van der Waals surface area contributed by atoms with Crippen molar-refractivity contribution in [2.45, 2.75) is 12.8 Å². The SMILES string of the molecule is CS(=O)(=O)N1CCN(C(=O)COC(=O)CCC(=O)c2cccs2)CC1. The van der Waals surface area contributed by atoms with Crippen molar-refractivity contribution in [1.82, 2.24) is 9.21 Å². The molecule has 2 heterocycles. The zero-order chi connectivity index (χ0) is 18.4. The van der Waals surface area contributed by atoms with Gasteiger partial charge in [-0.15, -0.1) is 11.3 Å². The second-order valence-corrected chi connectivity index (χ2v) is 8.53. The molecule has 0 N–H and O–H groups in total. The predicted octanol–water partition coefficient (Wildman–Crippen LogP) is 0.358. The van der Waals surface area contributed by atoms with Gasteiger partial charge < -0.3 is 9.64 Å². The van der Waals surface area contributed by atoms with Gasteiger partial charge in [-0.3, -0.25) is 14.4 Å². The Morgan fingerprint density at radius 1 is 1.16 bits per heavy atom. The Morgan fingerprint density at radius 3 is 2.40 bits per heavy atom. The second kappa shape index (κ2) is 8.54. The lowest BCUT2D eigenvalue weighted by Gasteiger charge is -2.33. The number of hydrogen-bond acceptors (Lipinski definition) is 7. The van der Waals surface area contributed by atoms with Crippen LogP contribution in [0.25, 0.3) is 0 Å². The molecule has 0 atom stereocenters. The summed E-state index contributed by atoms with van der Waals surface area (Å²) in [5, 5.41) is 1.79. The number of piperazine rings is 1. The lowest BCUT2D eigenvalue weighted by Crippen LogP contribution is -2.51. The highest BCUT2D eigenvalue weighted by Crippen LogP contribution is 2.12. The number of carbonyl (C=O) groups is 3. The van der Waals surface area contributed by atoms with Crippen molar-refractivity contribution >= 4 is 39.0 Å². The first kappa shape index (κ1) is 19.5. The Morgan fingerprint density at radius 2 is 1.84 bits per heavy atom. The molecule has 1 aliphatic rings. The third-order valence-corrected chi connectivity index (χ3v) is 5.98. The van der Waals surface area contributed by atoms with Crippen LogP contribution in [-0.4, -0.2) is 74.3 Å². The lowest BCUT2D eigenvalue weighted by atomic mass is 10.2. The number of amides is 1. The first-order valence-corrected chi connectivity index (χ1v) is 10.5. The molecule has 2 rings (SSSR count). The van der Waals surface area contributed by atoms with Crippen molar-refractivity contribution in [3.63, 3.8) is 0 Å². The number of sulfonamides is 1. The molecule has 0 aliphatic carbocycles. The van der Waals surface area contributed by atoms with Gasteiger partial charge in [-0.1, -0.05) is 6.07 Å². The fraction of sp³-hybridized carbons (Fsp3) is 0.533. The van der Waals surface area contributed by atoms with Crippen LogP contribution in [0.4, 0.5) is 0 Å². The second-order valence-electron chi connectivity index (χ2n) is 5.60. The van der Waals surface area contributed by atoms with Gasteiger partial charge in [0.15, 0.2) is 12.4 Å². The lowest BCUT2D eigenvalue weighted by molar-refractivity contribution is -0.152. The van der Waals surface area contributed by atoms with E-state index < -0.39 is 22.6 Å². The van der Waals surface area contributed by atoms with Crippen LogP contribution >= 0.6 is 11.3 Å². The molecule has 25 heavy (non-hydrogen) atoms. The van der Waals surface area contributed by atoms with Gasteiger partial charge in [0.05, 0.1) is 17.6 Å². The Labute approximate surface area is 150 Å². The number of thiophene rings is 1. The standard InChI is InChI=1S/C15H20N2O6S2/c1-25(21,22)17-8-6-16(7-9-17)14(19)11-23-15(20)5-4-12(18)13-3-2-10-24-13/h2-3,10H,4-9,11H2,1H3. The summed E-state index contributed by atoms with van der Waals surface area (Å²) < 4.78 is 29.0. The molecule has 0 bridgehead atoms. The average molecular weight is 388 g/mol. The average Bonchev–Trinajstić information content (AvgIpc) is 3.11.